The van der Waals surface area contributed by atoms with E-state index in [2.05, 4.69) is 29.9 Å². The number of hydrogen-bond acceptors (Lipinski definition) is 17. The topological polar surface area (TPSA) is 275 Å². The number of aliphatic hydroxyl groups excluding tert-OH is 2. The molecule has 22 heteroatoms. The summed E-state index contributed by atoms with van der Waals surface area (Å²) < 4.78 is 54.4. The normalized spacial score (nSPS) is 28.3. The van der Waals surface area contributed by atoms with E-state index in [1.165, 1.54) is 35.3 Å². The number of hydrogen-bond donors (Lipinski definition) is 5. The zero-order chi connectivity index (χ0) is 32.9. The second-order valence-corrected chi connectivity index (χ2v) is 13.3. The molecule has 0 aromatic carbocycles. The Kier molecular flexibility index (Phi) is 8.68. The first-order chi connectivity index (χ1) is 22.6. The largest absolute Gasteiger partial charge is 0.408 e. The molecule has 0 aliphatic carbocycles. The van der Waals surface area contributed by atoms with Crippen LogP contribution in [0.4, 0.5) is 11.8 Å². The Morgan fingerprint density at radius 1 is 1.04 bits per heavy atom. The molecule has 7 heterocycles. The van der Waals surface area contributed by atoms with E-state index in [-0.39, 0.29) is 48.9 Å². The van der Waals surface area contributed by atoms with Gasteiger partial charge in [-0.3, -0.25) is 28.0 Å². The number of rotatable bonds is 11. The van der Waals surface area contributed by atoms with Crippen molar-refractivity contribution in [3.63, 3.8) is 0 Å². The third kappa shape index (κ3) is 6.10. The molecule has 0 saturated carbocycles. The summed E-state index contributed by atoms with van der Waals surface area (Å²) in [5, 5.41) is 21.1. The van der Waals surface area contributed by atoms with Crippen molar-refractivity contribution in [1.82, 2.24) is 43.7 Å². The second kappa shape index (κ2) is 12.8. The van der Waals surface area contributed by atoms with Gasteiger partial charge < -0.3 is 40.6 Å². The van der Waals surface area contributed by atoms with E-state index >= 15 is 0 Å². The number of nitrogens with zero attached hydrogens (tertiary/aromatic N) is 8. The van der Waals surface area contributed by atoms with Gasteiger partial charge in [-0.2, -0.15) is 4.98 Å². The highest BCUT2D eigenvalue weighted by atomic mass is 31.2. The van der Waals surface area contributed by atoms with Crippen LogP contribution in [-0.2, 0) is 32.6 Å². The molecule has 3 aliphatic rings. The molecule has 4 aromatic heterocycles. The zero-order valence-electron chi connectivity index (χ0n) is 25.1. The van der Waals surface area contributed by atoms with Crippen LogP contribution in [-0.4, -0.2) is 125 Å². The monoisotopic (exact) mass is 679 g/mol. The number of fused-ring (bicyclic) bond motifs is 2. The summed E-state index contributed by atoms with van der Waals surface area (Å²) >= 11 is 0. The number of anilines is 2. The Balaban J connectivity index is 1.09. The van der Waals surface area contributed by atoms with E-state index in [9.17, 15) is 19.6 Å². The number of nitrogens with two attached hydrogens (primary N) is 2. The smallest absolute Gasteiger partial charge is 0.394 e. The van der Waals surface area contributed by atoms with E-state index in [4.69, 9.17) is 39.5 Å². The number of aromatic nitrogens is 8. The molecular weight excluding hydrogens is 645 g/mol. The number of aromatic amines is 1. The van der Waals surface area contributed by atoms with Crippen LogP contribution in [0.5, 0.6) is 0 Å². The number of nitrogens with one attached hydrogen (secondary N) is 1. The fourth-order valence-electron chi connectivity index (χ4n) is 5.79. The summed E-state index contributed by atoms with van der Waals surface area (Å²) in [5.41, 5.74) is 12.2. The molecule has 7 rings (SSSR count). The van der Waals surface area contributed by atoms with Gasteiger partial charge in [-0.15, -0.1) is 0 Å². The first-order valence-corrected chi connectivity index (χ1v) is 16.3. The molecule has 7 N–H and O–H groups in total. The zero-order valence-corrected chi connectivity index (χ0v) is 26.0. The highest BCUT2D eigenvalue weighted by Gasteiger charge is 2.46. The maximum Gasteiger partial charge on any atom is 0.408 e. The third-order valence-electron chi connectivity index (χ3n) is 8.22. The molecule has 0 spiro atoms. The lowest BCUT2D eigenvalue weighted by Gasteiger charge is -2.32. The van der Waals surface area contributed by atoms with Crippen LogP contribution in [0.2, 0.25) is 0 Å². The van der Waals surface area contributed by atoms with Gasteiger partial charge in [-0.25, -0.2) is 29.2 Å². The molecular formula is C25H34N11O10P. The van der Waals surface area contributed by atoms with Gasteiger partial charge in [0, 0.05) is 12.8 Å². The maximum atomic E-state index is 14.6. The molecule has 3 aliphatic heterocycles. The quantitative estimate of drug-likeness (QED) is 0.117. The minimum absolute atomic E-state index is 0.0276. The first-order valence-electron chi connectivity index (χ1n) is 14.8. The highest BCUT2D eigenvalue weighted by Crippen LogP contribution is 2.55. The lowest BCUT2D eigenvalue weighted by Crippen LogP contribution is -2.35. The van der Waals surface area contributed by atoms with Gasteiger partial charge in [0.05, 0.1) is 51.7 Å². The standard InChI is InChI=1S/C25H34N11O10P/c1-34(6-18-41-2-3-42-18)47(40,46-13-5-17(44-14(13)7-37)35-10-30-19-21(26)28-9-29-22(19)35)43-8-15-12(38)4-16(45-15)36-11-31-20-23(36)32-25(27)33-24(20)39/h9-18,37-38H,2-8H2,1H3,(H2,26,28,29)(H3,27,32,33,39)/t12?,13?,14-,15-,16-,17-,47?/m1/s1. The van der Waals surface area contributed by atoms with E-state index < -0.39 is 63.1 Å². The summed E-state index contributed by atoms with van der Waals surface area (Å²) in [6.45, 7) is -0.0186. The van der Waals surface area contributed by atoms with Crippen LogP contribution in [0.1, 0.15) is 25.3 Å². The Morgan fingerprint density at radius 2 is 1.74 bits per heavy atom. The average Bonchev–Trinajstić information content (AvgIpc) is 3.87. The van der Waals surface area contributed by atoms with Crippen molar-refractivity contribution in [2.45, 2.75) is 56.0 Å². The van der Waals surface area contributed by atoms with Crippen molar-refractivity contribution in [3.8, 4) is 0 Å². The fourth-order valence-corrected chi connectivity index (χ4v) is 7.44. The molecule has 254 valence electrons. The van der Waals surface area contributed by atoms with Crippen LogP contribution in [0.15, 0.2) is 23.8 Å². The molecule has 0 radical (unpaired) electrons. The summed E-state index contributed by atoms with van der Waals surface area (Å²) in [5.74, 6) is 0.0972. The average molecular weight is 680 g/mol. The summed E-state index contributed by atoms with van der Waals surface area (Å²) in [7, 11) is -2.68. The predicted molar refractivity (Wildman–Crippen MR) is 159 cm³/mol. The van der Waals surface area contributed by atoms with Crippen LogP contribution in [0, 0.1) is 0 Å². The van der Waals surface area contributed by atoms with Gasteiger partial charge in [0.15, 0.2) is 28.9 Å². The molecule has 21 nitrogen and oxygen atoms in total. The van der Waals surface area contributed by atoms with Gasteiger partial charge in [0.1, 0.15) is 42.6 Å². The van der Waals surface area contributed by atoms with Crippen molar-refractivity contribution < 1.29 is 42.8 Å². The van der Waals surface area contributed by atoms with E-state index in [1.54, 1.807) is 4.57 Å². The number of aliphatic hydroxyl groups is 2. The molecule has 47 heavy (non-hydrogen) atoms. The predicted octanol–water partition coefficient (Wildman–Crippen LogP) is -1.13. The van der Waals surface area contributed by atoms with Crippen LogP contribution < -0.4 is 17.0 Å². The minimum Gasteiger partial charge on any atom is -0.394 e. The minimum atomic E-state index is -4.21. The van der Waals surface area contributed by atoms with Gasteiger partial charge in [0.25, 0.3) is 5.56 Å². The van der Waals surface area contributed by atoms with Gasteiger partial charge in [-0.1, -0.05) is 0 Å². The van der Waals surface area contributed by atoms with Crippen LogP contribution in [0.25, 0.3) is 22.3 Å². The SMILES string of the molecule is CN(CC1OCCO1)P(=O)(OC[C@H]1O[C@@H](n2cnc3c(=O)[nH]c(N)nc32)CC1O)OC1C[C@H](n2cnc3c(N)ncnc32)O[C@@H]1CO. The lowest BCUT2D eigenvalue weighted by molar-refractivity contribution is -0.0647. The van der Waals surface area contributed by atoms with E-state index in [0.717, 1.165) is 0 Å². The molecule has 3 saturated heterocycles. The molecule has 3 unspecified atom stereocenters. The molecule has 0 bridgehead atoms. The number of likely N-dealkylation sites (N-methyl/N-ethyl adjacent to an activating group) is 1. The number of H-pyrrole nitrogens is 1. The number of imidazole rings is 2. The maximum absolute atomic E-state index is 14.6. The second-order valence-electron chi connectivity index (χ2n) is 11.3. The van der Waals surface area contributed by atoms with E-state index in [1.807, 2.05) is 0 Å². The summed E-state index contributed by atoms with van der Waals surface area (Å²) in [4.78, 5) is 35.3. The van der Waals surface area contributed by atoms with Gasteiger partial charge >= 0.3 is 7.75 Å². The Labute approximate surface area is 265 Å². The fraction of sp³-hybridized carbons (Fsp3) is 0.600. The van der Waals surface area contributed by atoms with Crippen molar-refractivity contribution in [1.29, 1.82) is 0 Å². The number of ether oxygens (including phenoxy) is 4. The van der Waals surface area contributed by atoms with Crippen molar-refractivity contribution >= 4 is 41.8 Å². The van der Waals surface area contributed by atoms with Crippen molar-refractivity contribution in [2.24, 2.45) is 0 Å². The Bertz CT molecular complexity index is 1850. The van der Waals surface area contributed by atoms with Crippen molar-refractivity contribution in [2.75, 3.05) is 51.5 Å². The van der Waals surface area contributed by atoms with Crippen LogP contribution >= 0.6 is 7.75 Å². The molecule has 4 aromatic rings. The highest BCUT2D eigenvalue weighted by molar-refractivity contribution is 7.51. The Morgan fingerprint density at radius 3 is 2.51 bits per heavy atom. The van der Waals surface area contributed by atoms with Gasteiger partial charge in [0.2, 0.25) is 5.95 Å². The van der Waals surface area contributed by atoms with Gasteiger partial charge in [-0.05, 0) is 7.05 Å². The molecule has 3 fully saturated rings. The summed E-state index contributed by atoms with van der Waals surface area (Å²) in [6, 6.07) is 0. The first kappa shape index (κ1) is 31.9. The molecule has 0 amide bonds. The summed E-state index contributed by atoms with van der Waals surface area (Å²) in [6.07, 6.45) is -1.56. The van der Waals surface area contributed by atoms with Crippen molar-refractivity contribution in [3.05, 3.63) is 29.3 Å². The number of nitrogen functional groups attached to an aromatic ring is 2. The van der Waals surface area contributed by atoms with Crippen LogP contribution in [0.3, 0.4) is 0 Å². The third-order valence-corrected chi connectivity index (χ3v) is 10.2. The van der Waals surface area contributed by atoms with E-state index in [0.29, 0.717) is 24.4 Å². The lowest BCUT2D eigenvalue weighted by atomic mass is 10.2. The molecule has 7 atom stereocenters. The Hall–Kier alpha value is -3.63.